The van der Waals surface area contributed by atoms with Gasteiger partial charge >= 0.3 is 0 Å². The lowest BCUT2D eigenvalue weighted by atomic mass is 10.2. The molecule has 1 aliphatic heterocycles. The first kappa shape index (κ1) is 26.8. The number of halogens is 1. The number of fused-ring (bicyclic) bond motifs is 1. The molecule has 2 aromatic carbocycles. The summed E-state index contributed by atoms with van der Waals surface area (Å²) in [6.45, 7) is 2.09. The van der Waals surface area contributed by atoms with E-state index in [0.717, 1.165) is 30.4 Å². The number of anilines is 1. The fraction of sp³-hybridized carbons (Fsp3) is 0.440. The Morgan fingerprint density at radius 2 is 1.72 bits per heavy atom. The number of rotatable bonds is 8. The van der Waals surface area contributed by atoms with E-state index in [1.54, 1.807) is 40.6 Å². The maximum absolute atomic E-state index is 13.6. The van der Waals surface area contributed by atoms with E-state index in [4.69, 9.17) is 16.3 Å². The van der Waals surface area contributed by atoms with Gasteiger partial charge < -0.3 is 9.64 Å². The van der Waals surface area contributed by atoms with Crippen molar-refractivity contribution in [1.82, 2.24) is 14.2 Å². The van der Waals surface area contributed by atoms with Crippen LogP contribution in [0, 0.1) is 0 Å². The van der Waals surface area contributed by atoms with E-state index < -0.39 is 10.0 Å². The summed E-state index contributed by atoms with van der Waals surface area (Å²) in [5.74, 6) is 0.324. The lowest BCUT2D eigenvalue weighted by Crippen LogP contribution is -2.36. The summed E-state index contributed by atoms with van der Waals surface area (Å²) in [5, 5.41) is 1.04. The van der Waals surface area contributed by atoms with Gasteiger partial charge in [0.2, 0.25) is 10.0 Å². The van der Waals surface area contributed by atoms with Gasteiger partial charge in [-0.25, -0.2) is 13.4 Å². The van der Waals surface area contributed by atoms with E-state index in [1.165, 1.54) is 23.5 Å². The first-order valence-corrected chi connectivity index (χ1v) is 14.6. The molecule has 0 saturated carbocycles. The number of hydrogen-bond acceptors (Lipinski definition) is 7. The number of benzene rings is 2. The molecular weight excluding hydrogens is 520 g/mol. The van der Waals surface area contributed by atoms with Crippen LogP contribution in [0.1, 0.15) is 36.0 Å². The van der Waals surface area contributed by atoms with Crippen molar-refractivity contribution >= 4 is 54.2 Å². The van der Waals surface area contributed by atoms with Gasteiger partial charge in [0.1, 0.15) is 11.3 Å². The van der Waals surface area contributed by atoms with Crippen molar-refractivity contribution < 1.29 is 17.9 Å². The van der Waals surface area contributed by atoms with Gasteiger partial charge in [-0.3, -0.25) is 9.69 Å². The fourth-order valence-corrected chi connectivity index (χ4v) is 6.96. The minimum absolute atomic E-state index is 0.206. The van der Waals surface area contributed by atoms with Crippen molar-refractivity contribution in [3.8, 4) is 5.75 Å². The molecule has 0 aliphatic carbocycles. The van der Waals surface area contributed by atoms with E-state index in [-0.39, 0.29) is 10.8 Å². The highest BCUT2D eigenvalue weighted by molar-refractivity contribution is 7.89. The van der Waals surface area contributed by atoms with Crippen molar-refractivity contribution in [2.75, 3.05) is 52.3 Å². The molecule has 36 heavy (non-hydrogen) atoms. The zero-order chi connectivity index (χ0) is 25.9. The van der Waals surface area contributed by atoms with Crippen LogP contribution in [0.3, 0.4) is 0 Å². The Morgan fingerprint density at radius 3 is 2.33 bits per heavy atom. The standard InChI is InChI=1S/C25H31ClN4O4S2/c1-28(2)16-17-30(25-27-22-21(34-3)13-12-20(26)23(22)35-25)24(31)18-8-10-19(11-9-18)36(32,33)29-14-6-4-5-7-15-29/h8-13H,4-7,14-17H2,1-3H3. The van der Waals surface area contributed by atoms with Crippen molar-refractivity contribution in [1.29, 1.82) is 0 Å². The molecule has 0 atom stereocenters. The van der Waals surface area contributed by atoms with Crippen molar-refractivity contribution in [3.63, 3.8) is 0 Å². The largest absolute Gasteiger partial charge is 0.494 e. The SMILES string of the molecule is COc1ccc(Cl)c2sc(N(CCN(C)C)C(=O)c3ccc(S(=O)(=O)N4CCCCCC4)cc3)nc12. The van der Waals surface area contributed by atoms with Crippen LogP contribution in [-0.4, -0.2) is 75.9 Å². The summed E-state index contributed by atoms with van der Waals surface area (Å²) in [5.41, 5.74) is 0.993. The molecule has 8 nitrogen and oxygen atoms in total. The minimum atomic E-state index is -3.59. The second kappa shape index (κ2) is 11.4. The van der Waals surface area contributed by atoms with Gasteiger partial charge in [0, 0.05) is 31.7 Å². The number of nitrogens with zero attached hydrogens (tertiary/aromatic N) is 4. The summed E-state index contributed by atoms with van der Waals surface area (Å²) in [6.07, 6.45) is 3.83. The highest BCUT2D eigenvalue weighted by Crippen LogP contribution is 2.39. The molecule has 0 N–H and O–H groups in total. The number of carbonyl (C=O) groups is 1. The third kappa shape index (κ3) is 5.68. The molecule has 11 heteroatoms. The van der Waals surface area contributed by atoms with E-state index in [9.17, 15) is 13.2 Å². The van der Waals surface area contributed by atoms with Crippen LogP contribution in [0.2, 0.25) is 5.02 Å². The molecule has 0 spiro atoms. The summed E-state index contributed by atoms with van der Waals surface area (Å²) in [6, 6.07) is 9.71. The first-order chi connectivity index (χ1) is 17.2. The predicted molar refractivity (Wildman–Crippen MR) is 145 cm³/mol. The summed E-state index contributed by atoms with van der Waals surface area (Å²) >= 11 is 7.73. The normalized spacial score (nSPS) is 15.2. The van der Waals surface area contributed by atoms with Gasteiger partial charge in [0.05, 0.1) is 21.7 Å². The quantitative estimate of drug-likeness (QED) is 0.403. The highest BCUT2D eigenvalue weighted by atomic mass is 35.5. The molecule has 194 valence electrons. The minimum Gasteiger partial charge on any atom is -0.494 e. The molecule has 3 aromatic rings. The molecule has 1 fully saturated rings. The molecule has 1 aliphatic rings. The van der Waals surface area contributed by atoms with Gasteiger partial charge in [0.25, 0.3) is 5.91 Å². The second-order valence-electron chi connectivity index (χ2n) is 9.03. The number of amides is 1. The Morgan fingerprint density at radius 1 is 1.06 bits per heavy atom. The van der Waals surface area contributed by atoms with E-state index in [1.807, 2.05) is 19.0 Å². The van der Waals surface area contributed by atoms with Gasteiger partial charge in [-0.1, -0.05) is 35.8 Å². The molecule has 4 rings (SSSR count). The highest BCUT2D eigenvalue weighted by Gasteiger charge is 2.27. The number of likely N-dealkylation sites (N-methyl/N-ethyl adjacent to an activating group) is 1. The maximum Gasteiger partial charge on any atom is 0.260 e. The van der Waals surface area contributed by atoms with Crippen molar-refractivity contribution in [3.05, 3.63) is 47.0 Å². The van der Waals surface area contributed by atoms with Crippen LogP contribution in [-0.2, 0) is 10.0 Å². The summed E-state index contributed by atoms with van der Waals surface area (Å²) in [7, 11) is 1.85. The fourth-order valence-electron chi connectivity index (χ4n) is 4.16. The third-order valence-corrected chi connectivity index (χ3v) is 9.67. The topological polar surface area (TPSA) is 83.0 Å². The lowest BCUT2D eigenvalue weighted by molar-refractivity contribution is 0.0985. The monoisotopic (exact) mass is 550 g/mol. The Labute approximate surface area is 221 Å². The van der Waals surface area contributed by atoms with Crippen LogP contribution in [0.4, 0.5) is 5.13 Å². The smallest absolute Gasteiger partial charge is 0.260 e. The van der Waals surface area contributed by atoms with Gasteiger partial charge in [-0.2, -0.15) is 4.31 Å². The van der Waals surface area contributed by atoms with Crippen LogP contribution in [0.15, 0.2) is 41.3 Å². The van der Waals surface area contributed by atoms with E-state index >= 15 is 0 Å². The number of ether oxygens (including phenoxy) is 1. The Hall–Kier alpha value is -2.24. The van der Waals surface area contributed by atoms with E-state index in [2.05, 4.69) is 4.98 Å². The number of hydrogen-bond donors (Lipinski definition) is 0. The first-order valence-electron chi connectivity index (χ1n) is 11.9. The summed E-state index contributed by atoms with van der Waals surface area (Å²) < 4.78 is 34.0. The number of aromatic nitrogens is 1. The van der Waals surface area contributed by atoms with Gasteiger partial charge in [-0.15, -0.1) is 0 Å². The van der Waals surface area contributed by atoms with Crippen LogP contribution in [0.5, 0.6) is 5.75 Å². The van der Waals surface area contributed by atoms with E-state index in [0.29, 0.717) is 53.2 Å². The van der Waals surface area contributed by atoms with Crippen LogP contribution < -0.4 is 9.64 Å². The Balaban J connectivity index is 1.65. The van der Waals surface area contributed by atoms with Crippen molar-refractivity contribution in [2.24, 2.45) is 0 Å². The molecule has 0 unspecified atom stereocenters. The Kier molecular flexibility index (Phi) is 8.52. The number of thiazole rings is 1. The zero-order valence-corrected chi connectivity index (χ0v) is 23.1. The predicted octanol–water partition coefficient (Wildman–Crippen LogP) is 4.73. The lowest BCUT2D eigenvalue weighted by Gasteiger charge is -2.22. The van der Waals surface area contributed by atoms with Crippen LogP contribution in [0.25, 0.3) is 10.2 Å². The number of carbonyl (C=O) groups excluding carboxylic acids is 1. The second-order valence-corrected chi connectivity index (χ2v) is 12.3. The molecule has 0 radical (unpaired) electrons. The zero-order valence-electron chi connectivity index (χ0n) is 20.7. The van der Waals surface area contributed by atoms with Gasteiger partial charge in [0.15, 0.2) is 5.13 Å². The molecule has 0 bridgehead atoms. The van der Waals surface area contributed by atoms with Crippen LogP contribution >= 0.6 is 22.9 Å². The molecule has 1 aromatic heterocycles. The molecule has 2 heterocycles. The third-order valence-electron chi connectivity index (χ3n) is 6.22. The average molecular weight is 551 g/mol. The maximum atomic E-state index is 13.6. The number of methoxy groups -OCH3 is 1. The molecular formula is C25H31ClN4O4S2. The Bertz CT molecular complexity index is 1320. The number of sulfonamides is 1. The summed E-state index contributed by atoms with van der Waals surface area (Å²) in [4.78, 5) is 22.1. The van der Waals surface area contributed by atoms with Crippen molar-refractivity contribution in [2.45, 2.75) is 30.6 Å². The van der Waals surface area contributed by atoms with Gasteiger partial charge in [-0.05, 0) is 63.3 Å². The molecule has 1 saturated heterocycles. The molecule has 1 amide bonds. The average Bonchev–Trinajstić information content (AvgIpc) is 3.11.